The van der Waals surface area contributed by atoms with Crippen LogP contribution in [0.4, 0.5) is 0 Å². The molecule has 0 aromatic heterocycles. The molecule has 1 aliphatic heterocycles. The molecule has 0 spiro atoms. The van der Waals surface area contributed by atoms with Gasteiger partial charge in [-0.05, 0) is 24.3 Å². The second-order valence-corrected chi connectivity index (χ2v) is 3.95. The third-order valence-corrected chi connectivity index (χ3v) is 2.72. The van der Waals surface area contributed by atoms with Crippen molar-refractivity contribution in [2.24, 2.45) is 5.92 Å². The number of hydrogen-bond acceptors (Lipinski definition) is 2. The van der Waals surface area contributed by atoms with E-state index in [0.717, 1.165) is 6.42 Å². The number of hydrogen-bond donors (Lipinski definition) is 1. The van der Waals surface area contributed by atoms with Gasteiger partial charge in [-0.15, -0.1) is 0 Å². The Labute approximate surface area is 88.7 Å². The maximum atomic E-state index is 10.7. The first-order valence-corrected chi connectivity index (χ1v) is 5.14. The van der Waals surface area contributed by atoms with Gasteiger partial charge in [0.05, 0.1) is 6.61 Å². The van der Waals surface area contributed by atoms with Crippen molar-refractivity contribution in [3.8, 4) is 0 Å². The molecule has 0 amide bonds. The van der Waals surface area contributed by atoms with E-state index in [1.807, 2.05) is 18.2 Å². The molecular weight excluding hydrogens is 192 g/mol. The van der Waals surface area contributed by atoms with Crippen LogP contribution in [0.25, 0.3) is 0 Å². The molecule has 2 rings (SSSR count). The van der Waals surface area contributed by atoms with Gasteiger partial charge >= 0.3 is 5.97 Å². The summed E-state index contributed by atoms with van der Waals surface area (Å²) in [5, 5.41) is 8.77. The Morgan fingerprint density at radius 3 is 2.73 bits per heavy atom. The predicted octanol–water partition coefficient (Wildman–Crippen LogP) is 1.72. The highest BCUT2D eigenvalue weighted by atomic mass is 16.5. The van der Waals surface area contributed by atoms with E-state index in [1.165, 1.54) is 5.56 Å². The smallest absolute Gasteiger partial charge is 0.332 e. The summed E-state index contributed by atoms with van der Waals surface area (Å²) in [7, 11) is 0. The molecule has 2 atom stereocenters. The summed E-state index contributed by atoms with van der Waals surface area (Å²) in [6, 6.07) is 10.1. The van der Waals surface area contributed by atoms with Crippen molar-refractivity contribution >= 4 is 5.97 Å². The lowest BCUT2D eigenvalue weighted by atomic mass is 9.97. The Balaban J connectivity index is 1.90. The van der Waals surface area contributed by atoms with Gasteiger partial charge in [-0.1, -0.05) is 30.3 Å². The molecule has 0 saturated carbocycles. The Hall–Kier alpha value is -1.35. The molecule has 1 N–H and O–H groups in total. The zero-order valence-electron chi connectivity index (χ0n) is 8.43. The average molecular weight is 206 g/mol. The first-order valence-electron chi connectivity index (χ1n) is 5.14. The fraction of sp³-hybridized carbons (Fsp3) is 0.417. The van der Waals surface area contributed by atoms with Crippen LogP contribution < -0.4 is 0 Å². The van der Waals surface area contributed by atoms with Crippen molar-refractivity contribution in [1.29, 1.82) is 0 Å². The zero-order chi connectivity index (χ0) is 10.7. The Kier molecular flexibility index (Phi) is 3.02. The summed E-state index contributed by atoms with van der Waals surface area (Å²) in [5.74, 6) is -0.501. The number of rotatable bonds is 3. The van der Waals surface area contributed by atoms with Crippen molar-refractivity contribution in [3.63, 3.8) is 0 Å². The zero-order valence-corrected chi connectivity index (χ0v) is 8.43. The summed E-state index contributed by atoms with van der Waals surface area (Å²) in [5.41, 5.74) is 1.25. The summed E-state index contributed by atoms with van der Waals surface area (Å²) < 4.78 is 5.20. The van der Waals surface area contributed by atoms with E-state index >= 15 is 0 Å². The fourth-order valence-electron chi connectivity index (χ4n) is 1.95. The van der Waals surface area contributed by atoms with E-state index in [0.29, 0.717) is 18.9 Å². The maximum absolute atomic E-state index is 10.7. The number of benzene rings is 1. The van der Waals surface area contributed by atoms with Crippen molar-refractivity contribution in [1.82, 2.24) is 0 Å². The van der Waals surface area contributed by atoms with Crippen molar-refractivity contribution in [2.75, 3.05) is 6.61 Å². The normalized spacial score (nSPS) is 25.3. The second-order valence-electron chi connectivity index (χ2n) is 3.95. The lowest BCUT2D eigenvalue weighted by Gasteiger charge is -2.06. The van der Waals surface area contributed by atoms with Crippen LogP contribution in [-0.4, -0.2) is 23.8 Å². The van der Waals surface area contributed by atoms with E-state index in [1.54, 1.807) is 0 Å². The van der Waals surface area contributed by atoms with Gasteiger partial charge in [0.2, 0.25) is 0 Å². The third-order valence-electron chi connectivity index (χ3n) is 2.72. The van der Waals surface area contributed by atoms with E-state index in [2.05, 4.69) is 12.1 Å². The Morgan fingerprint density at radius 1 is 1.40 bits per heavy atom. The van der Waals surface area contributed by atoms with Crippen molar-refractivity contribution < 1.29 is 14.6 Å². The minimum atomic E-state index is -0.842. The number of carboxylic acids is 1. The van der Waals surface area contributed by atoms with Gasteiger partial charge in [-0.2, -0.15) is 0 Å². The molecule has 1 fully saturated rings. The number of carboxylic acid groups (broad SMARTS) is 1. The second kappa shape index (κ2) is 4.45. The molecular formula is C12H14O3. The molecule has 1 aromatic carbocycles. The Morgan fingerprint density at radius 2 is 2.13 bits per heavy atom. The van der Waals surface area contributed by atoms with Crippen LogP contribution in [0, 0.1) is 5.92 Å². The molecule has 1 heterocycles. The van der Waals surface area contributed by atoms with E-state index < -0.39 is 12.1 Å². The molecule has 15 heavy (non-hydrogen) atoms. The van der Waals surface area contributed by atoms with Gasteiger partial charge in [-0.3, -0.25) is 0 Å². The lowest BCUT2D eigenvalue weighted by molar-refractivity contribution is -0.147. The quantitative estimate of drug-likeness (QED) is 0.819. The fourth-order valence-corrected chi connectivity index (χ4v) is 1.95. The lowest BCUT2D eigenvalue weighted by Crippen LogP contribution is -2.18. The van der Waals surface area contributed by atoms with Crippen LogP contribution in [0.1, 0.15) is 12.0 Å². The minimum absolute atomic E-state index is 0.341. The van der Waals surface area contributed by atoms with E-state index in [9.17, 15) is 4.79 Å². The molecule has 2 unspecified atom stereocenters. The predicted molar refractivity (Wildman–Crippen MR) is 55.6 cm³/mol. The van der Waals surface area contributed by atoms with Crippen LogP contribution in [0.15, 0.2) is 30.3 Å². The van der Waals surface area contributed by atoms with Crippen LogP contribution in [0.5, 0.6) is 0 Å². The topological polar surface area (TPSA) is 46.5 Å². The number of carbonyl (C=O) groups is 1. The Bertz CT molecular complexity index is 334. The molecule has 80 valence electrons. The molecule has 0 bridgehead atoms. The van der Waals surface area contributed by atoms with Crippen LogP contribution >= 0.6 is 0 Å². The molecule has 3 nitrogen and oxygen atoms in total. The van der Waals surface area contributed by atoms with Crippen LogP contribution in [0.2, 0.25) is 0 Å². The van der Waals surface area contributed by atoms with Crippen molar-refractivity contribution in [2.45, 2.75) is 18.9 Å². The highest BCUT2D eigenvalue weighted by molar-refractivity contribution is 5.72. The standard InChI is InChI=1S/C12H14O3/c13-12(14)11-7-10(8-15-11)6-9-4-2-1-3-5-9/h1-5,10-11H,6-8H2,(H,13,14). The van der Waals surface area contributed by atoms with Gasteiger partial charge < -0.3 is 9.84 Å². The summed E-state index contributed by atoms with van der Waals surface area (Å²) in [4.78, 5) is 10.7. The summed E-state index contributed by atoms with van der Waals surface area (Å²) in [6.07, 6.45) is 0.938. The SMILES string of the molecule is O=C(O)C1CC(Cc2ccccc2)CO1. The monoisotopic (exact) mass is 206 g/mol. The largest absolute Gasteiger partial charge is 0.479 e. The molecule has 0 aliphatic carbocycles. The van der Waals surface area contributed by atoms with Crippen molar-refractivity contribution in [3.05, 3.63) is 35.9 Å². The first kappa shape index (κ1) is 10.2. The average Bonchev–Trinajstić information content (AvgIpc) is 2.68. The van der Waals surface area contributed by atoms with Crippen LogP contribution in [0.3, 0.4) is 0 Å². The van der Waals surface area contributed by atoms with E-state index in [-0.39, 0.29) is 0 Å². The van der Waals surface area contributed by atoms with Gasteiger partial charge in [0.25, 0.3) is 0 Å². The maximum Gasteiger partial charge on any atom is 0.332 e. The van der Waals surface area contributed by atoms with Gasteiger partial charge in [0, 0.05) is 0 Å². The highest BCUT2D eigenvalue weighted by Crippen LogP contribution is 2.23. The molecule has 1 saturated heterocycles. The van der Waals surface area contributed by atoms with Gasteiger partial charge in [0.15, 0.2) is 6.10 Å². The summed E-state index contributed by atoms with van der Waals surface area (Å²) >= 11 is 0. The molecule has 1 aromatic rings. The first-order chi connectivity index (χ1) is 7.25. The minimum Gasteiger partial charge on any atom is -0.479 e. The molecule has 3 heteroatoms. The van der Waals surface area contributed by atoms with E-state index in [4.69, 9.17) is 9.84 Å². The molecule has 1 aliphatic rings. The highest BCUT2D eigenvalue weighted by Gasteiger charge is 2.30. The number of ether oxygens (including phenoxy) is 1. The third kappa shape index (κ3) is 2.57. The summed E-state index contributed by atoms with van der Waals surface area (Å²) in [6.45, 7) is 0.561. The number of aliphatic carboxylic acids is 1. The molecule has 0 radical (unpaired) electrons. The van der Waals surface area contributed by atoms with Gasteiger partial charge in [0.1, 0.15) is 0 Å². The van der Waals surface area contributed by atoms with Crippen LogP contribution in [-0.2, 0) is 16.0 Å². The van der Waals surface area contributed by atoms with Gasteiger partial charge in [-0.25, -0.2) is 4.79 Å².